The van der Waals surface area contributed by atoms with E-state index >= 15 is 0 Å². The van der Waals surface area contributed by atoms with E-state index in [1.807, 2.05) is 12.1 Å². The van der Waals surface area contributed by atoms with Crippen molar-refractivity contribution in [1.29, 1.82) is 0 Å². The van der Waals surface area contributed by atoms with Crippen LogP contribution < -0.4 is 14.8 Å². The first-order valence-corrected chi connectivity index (χ1v) is 6.99. The lowest BCUT2D eigenvalue weighted by Gasteiger charge is -2.21. The zero-order chi connectivity index (χ0) is 13.0. The molecule has 0 saturated heterocycles. The van der Waals surface area contributed by atoms with Crippen molar-refractivity contribution in [1.82, 2.24) is 5.32 Å². The molecule has 0 fully saturated rings. The molecule has 0 radical (unpaired) electrons. The lowest BCUT2D eigenvalue weighted by Crippen LogP contribution is -2.22. The van der Waals surface area contributed by atoms with Crippen LogP contribution in [0.2, 0.25) is 0 Å². The highest BCUT2D eigenvalue weighted by atomic mass is 79.9. The van der Waals surface area contributed by atoms with Gasteiger partial charge >= 0.3 is 0 Å². The zero-order valence-electron chi connectivity index (χ0n) is 10.4. The number of rotatable bonds is 5. The van der Waals surface area contributed by atoms with Gasteiger partial charge in [0.15, 0.2) is 11.5 Å². The van der Waals surface area contributed by atoms with Gasteiger partial charge in [0.2, 0.25) is 0 Å². The van der Waals surface area contributed by atoms with Crippen molar-refractivity contribution >= 4 is 15.9 Å². The largest absolute Gasteiger partial charge is 0.486 e. The molecule has 0 bridgehead atoms. The minimum Gasteiger partial charge on any atom is -0.486 e. The highest BCUT2D eigenvalue weighted by Crippen LogP contribution is 2.39. The van der Waals surface area contributed by atoms with Crippen molar-refractivity contribution in [3.05, 3.63) is 22.2 Å². The Morgan fingerprint density at radius 2 is 2.17 bits per heavy atom. The van der Waals surface area contributed by atoms with E-state index in [1.165, 1.54) is 0 Å². The Labute approximate surface area is 115 Å². The second kappa shape index (κ2) is 6.41. The van der Waals surface area contributed by atoms with E-state index in [1.54, 1.807) is 0 Å². The van der Waals surface area contributed by atoms with Crippen LogP contribution >= 0.6 is 15.9 Å². The Hall–Kier alpha value is -0.780. The molecule has 0 aliphatic carbocycles. The number of hydrogen-bond acceptors (Lipinski definition) is 4. The van der Waals surface area contributed by atoms with Gasteiger partial charge in [-0.25, -0.2) is 0 Å². The molecule has 1 aliphatic rings. The van der Waals surface area contributed by atoms with Crippen LogP contribution in [0.3, 0.4) is 0 Å². The summed E-state index contributed by atoms with van der Waals surface area (Å²) >= 11 is 3.45. The molecule has 1 aliphatic heterocycles. The summed E-state index contributed by atoms with van der Waals surface area (Å²) in [7, 11) is 0. The van der Waals surface area contributed by atoms with E-state index in [9.17, 15) is 5.11 Å². The van der Waals surface area contributed by atoms with Gasteiger partial charge in [0.25, 0.3) is 0 Å². The standard InChI is InChI=1S/C13H18BrNO3/c1-2-3-15-8-11(16)9-6-10(14)13-12(7-9)17-4-5-18-13/h6-7,11,15-16H,2-5,8H2,1H3. The van der Waals surface area contributed by atoms with Crippen LogP contribution in [0.5, 0.6) is 11.5 Å². The quantitative estimate of drug-likeness (QED) is 0.818. The van der Waals surface area contributed by atoms with E-state index in [0.717, 1.165) is 28.8 Å². The molecule has 0 aromatic heterocycles. The van der Waals surface area contributed by atoms with Crippen molar-refractivity contribution in [3.8, 4) is 11.5 Å². The van der Waals surface area contributed by atoms with Crippen molar-refractivity contribution in [2.75, 3.05) is 26.3 Å². The monoisotopic (exact) mass is 315 g/mol. The van der Waals surface area contributed by atoms with Crippen molar-refractivity contribution in [2.45, 2.75) is 19.4 Å². The molecule has 2 rings (SSSR count). The highest BCUT2D eigenvalue weighted by Gasteiger charge is 2.18. The number of ether oxygens (including phenoxy) is 2. The molecule has 4 nitrogen and oxygen atoms in total. The zero-order valence-corrected chi connectivity index (χ0v) is 12.0. The first-order valence-electron chi connectivity index (χ1n) is 6.20. The summed E-state index contributed by atoms with van der Waals surface area (Å²) in [5.41, 5.74) is 0.828. The summed E-state index contributed by atoms with van der Waals surface area (Å²) in [6.07, 6.45) is 0.515. The number of nitrogens with one attached hydrogen (secondary N) is 1. The summed E-state index contributed by atoms with van der Waals surface area (Å²) < 4.78 is 11.9. The van der Waals surface area contributed by atoms with Gasteiger partial charge < -0.3 is 19.9 Å². The fourth-order valence-corrected chi connectivity index (χ4v) is 2.43. The number of aliphatic hydroxyl groups is 1. The first kappa shape index (κ1) is 13.6. The van der Waals surface area contributed by atoms with Gasteiger partial charge in [0.05, 0.1) is 10.6 Å². The van der Waals surface area contributed by atoms with Crippen molar-refractivity contribution in [2.24, 2.45) is 0 Å². The van der Waals surface area contributed by atoms with Gasteiger partial charge in [0.1, 0.15) is 13.2 Å². The summed E-state index contributed by atoms with van der Waals surface area (Å²) in [5, 5.41) is 13.3. The van der Waals surface area contributed by atoms with Crippen LogP contribution in [-0.4, -0.2) is 31.4 Å². The highest BCUT2D eigenvalue weighted by molar-refractivity contribution is 9.10. The molecule has 1 aromatic rings. The van der Waals surface area contributed by atoms with Crippen LogP contribution in [0.4, 0.5) is 0 Å². The van der Waals surface area contributed by atoms with Gasteiger partial charge in [0, 0.05) is 6.54 Å². The molecule has 5 heteroatoms. The van der Waals surface area contributed by atoms with E-state index in [2.05, 4.69) is 28.2 Å². The van der Waals surface area contributed by atoms with Crippen LogP contribution in [0, 0.1) is 0 Å². The third-order valence-corrected chi connectivity index (χ3v) is 3.36. The van der Waals surface area contributed by atoms with E-state index < -0.39 is 6.10 Å². The van der Waals surface area contributed by atoms with Gasteiger partial charge in [-0.05, 0) is 46.6 Å². The summed E-state index contributed by atoms with van der Waals surface area (Å²) in [6, 6.07) is 3.73. The number of hydrogen-bond donors (Lipinski definition) is 2. The Kier molecular flexibility index (Phi) is 4.86. The molecule has 2 N–H and O–H groups in total. The van der Waals surface area contributed by atoms with Gasteiger partial charge in [-0.1, -0.05) is 6.92 Å². The van der Waals surface area contributed by atoms with Crippen LogP contribution in [-0.2, 0) is 0 Å². The molecule has 0 spiro atoms. The lowest BCUT2D eigenvalue weighted by atomic mass is 10.1. The predicted molar refractivity (Wildman–Crippen MR) is 73.3 cm³/mol. The Bertz CT molecular complexity index is 411. The minimum absolute atomic E-state index is 0.538. The lowest BCUT2D eigenvalue weighted by molar-refractivity contribution is 0.162. The molecule has 1 aromatic carbocycles. The van der Waals surface area contributed by atoms with Gasteiger partial charge in [-0.2, -0.15) is 0 Å². The molecule has 1 heterocycles. The van der Waals surface area contributed by atoms with Crippen LogP contribution in [0.1, 0.15) is 25.0 Å². The number of aliphatic hydroxyl groups excluding tert-OH is 1. The molecule has 0 amide bonds. The van der Waals surface area contributed by atoms with Gasteiger partial charge in [-0.15, -0.1) is 0 Å². The maximum atomic E-state index is 10.1. The molecule has 100 valence electrons. The second-order valence-electron chi connectivity index (χ2n) is 4.25. The fraction of sp³-hybridized carbons (Fsp3) is 0.538. The van der Waals surface area contributed by atoms with E-state index in [-0.39, 0.29) is 0 Å². The SMILES string of the molecule is CCCNCC(O)c1cc(Br)c2c(c1)OCCO2. The van der Waals surface area contributed by atoms with Crippen LogP contribution in [0.15, 0.2) is 16.6 Å². The number of halogens is 1. The molecule has 18 heavy (non-hydrogen) atoms. The topological polar surface area (TPSA) is 50.7 Å². The summed E-state index contributed by atoms with van der Waals surface area (Å²) in [5.74, 6) is 1.42. The Morgan fingerprint density at radius 3 is 2.94 bits per heavy atom. The average Bonchev–Trinajstić information content (AvgIpc) is 2.39. The maximum absolute atomic E-state index is 10.1. The Balaban J connectivity index is 2.11. The molecule has 1 unspecified atom stereocenters. The Morgan fingerprint density at radius 1 is 1.39 bits per heavy atom. The fourth-order valence-electron chi connectivity index (χ4n) is 1.86. The summed E-state index contributed by atoms with van der Waals surface area (Å²) in [6.45, 7) is 4.65. The minimum atomic E-state index is -0.538. The first-order chi connectivity index (χ1) is 8.72. The molecular formula is C13H18BrNO3. The maximum Gasteiger partial charge on any atom is 0.175 e. The molecular weight excluding hydrogens is 298 g/mol. The average molecular weight is 316 g/mol. The summed E-state index contributed by atoms with van der Waals surface area (Å²) in [4.78, 5) is 0. The number of fused-ring (bicyclic) bond motifs is 1. The second-order valence-corrected chi connectivity index (χ2v) is 5.10. The third kappa shape index (κ3) is 3.16. The van der Waals surface area contributed by atoms with Crippen molar-refractivity contribution < 1.29 is 14.6 Å². The van der Waals surface area contributed by atoms with E-state index in [4.69, 9.17) is 9.47 Å². The molecule has 0 saturated carbocycles. The van der Waals surface area contributed by atoms with Gasteiger partial charge in [-0.3, -0.25) is 0 Å². The normalized spacial score (nSPS) is 15.5. The van der Waals surface area contributed by atoms with E-state index in [0.29, 0.717) is 25.5 Å². The number of benzene rings is 1. The smallest absolute Gasteiger partial charge is 0.175 e. The van der Waals surface area contributed by atoms with Crippen molar-refractivity contribution in [3.63, 3.8) is 0 Å². The predicted octanol–water partition coefficient (Wildman–Crippen LogP) is 2.25. The van der Waals surface area contributed by atoms with Crippen LogP contribution in [0.25, 0.3) is 0 Å². The molecule has 1 atom stereocenters. The third-order valence-electron chi connectivity index (χ3n) is 2.77.